The predicted octanol–water partition coefficient (Wildman–Crippen LogP) is 3.94. The molecule has 1 atom stereocenters. The van der Waals surface area contributed by atoms with E-state index in [0.29, 0.717) is 24.2 Å². The van der Waals surface area contributed by atoms with Crippen LogP contribution in [0.25, 0.3) is 0 Å². The fraction of sp³-hybridized carbons (Fsp3) is 0.750. The second-order valence-electron chi connectivity index (χ2n) is 5.97. The molecular weight excluding hydrogens is 236 g/mol. The molecular formula is C16H26N2O. The van der Waals surface area contributed by atoms with Crippen LogP contribution in [-0.4, -0.2) is 15.6 Å². The summed E-state index contributed by atoms with van der Waals surface area (Å²) >= 11 is 0. The van der Waals surface area contributed by atoms with Crippen LogP contribution in [0.15, 0.2) is 12.3 Å². The average Bonchev–Trinajstić information content (AvgIpc) is 2.87. The third kappa shape index (κ3) is 4.19. The van der Waals surface area contributed by atoms with Crippen LogP contribution >= 0.6 is 0 Å². The zero-order valence-corrected chi connectivity index (χ0v) is 12.3. The van der Waals surface area contributed by atoms with E-state index in [1.165, 1.54) is 32.1 Å². The van der Waals surface area contributed by atoms with Gasteiger partial charge in [-0.05, 0) is 25.3 Å². The van der Waals surface area contributed by atoms with Crippen molar-refractivity contribution in [2.24, 2.45) is 5.92 Å². The zero-order chi connectivity index (χ0) is 13.7. The van der Waals surface area contributed by atoms with Crippen LogP contribution in [0.5, 0.6) is 0 Å². The van der Waals surface area contributed by atoms with Crippen LogP contribution in [0.1, 0.15) is 70.5 Å². The normalized spacial score (nSPS) is 18.4. The number of hydrogen-bond donors (Lipinski definition) is 0. The summed E-state index contributed by atoms with van der Waals surface area (Å²) in [4.78, 5) is 12.1. The van der Waals surface area contributed by atoms with Crippen molar-refractivity contribution < 1.29 is 4.79 Å². The van der Waals surface area contributed by atoms with Gasteiger partial charge in [-0.25, -0.2) is 0 Å². The summed E-state index contributed by atoms with van der Waals surface area (Å²) in [7, 11) is 0. The first-order valence-corrected chi connectivity index (χ1v) is 7.74. The maximum Gasteiger partial charge on any atom is 0.139 e. The summed E-state index contributed by atoms with van der Waals surface area (Å²) in [5.41, 5.74) is 0.932. The number of rotatable bonds is 6. The Morgan fingerprint density at radius 1 is 1.42 bits per heavy atom. The molecule has 0 bridgehead atoms. The lowest BCUT2D eigenvalue weighted by molar-refractivity contribution is -0.119. The fourth-order valence-electron chi connectivity index (χ4n) is 2.89. The molecule has 3 heteroatoms. The van der Waals surface area contributed by atoms with Crippen molar-refractivity contribution >= 4 is 5.78 Å². The number of nitrogens with zero attached hydrogens (tertiary/aromatic N) is 2. The van der Waals surface area contributed by atoms with Crippen LogP contribution in [0.2, 0.25) is 0 Å². The Labute approximate surface area is 116 Å². The first-order valence-electron chi connectivity index (χ1n) is 7.74. The third-order valence-corrected chi connectivity index (χ3v) is 4.33. The molecule has 1 unspecified atom stereocenters. The van der Waals surface area contributed by atoms with E-state index in [1.54, 1.807) is 0 Å². The van der Waals surface area contributed by atoms with Gasteiger partial charge in [0.2, 0.25) is 0 Å². The van der Waals surface area contributed by atoms with E-state index in [0.717, 1.165) is 18.5 Å². The molecule has 106 valence electrons. The standard InChI is InChI=1S/C16H26N2O/c1-3-13(2)18-10-9-15(17-18)12-16(19)11-14-7-5-4-6-8-14/h9-10,13-14H,3-8,11-12H2,1-2H3. The van der Waals surface area contributed by atoms with Crippen molar-refractivity contribution in [2.75, 3.05) is 0 Å². The summed E-state index contributed by atoms with van der Waals surface area (Å²) in [6.45, 7) is 4.31. The largest absolute Gasteiger partial charge is 0.299 e. The van der Waals surface area contributed by atoms with Crippen molar-refractivity contribution in [1.29, 1.82) is 0 Å². The molecule has 1 aliphatic carbocycles. The SMILES string of the molecule is CCC(C)n1ccc(CC(=O)CC2CCCCC2)n1. The maximum absolute atomic E-state index is 12.1. The highest BCUT2D eigenvalue weighted by Gasteiger charge is 2.18. The molecule has 0 spiro atoms. The molecule has 2 rings (SSSR count). The van der Waals surface area contributed by atoms with Gasteiger partial charge in [0.05, 0.1) is 12.1 Å². The van der Waals surface area contributed by atoms with Crippen LogP contribution in [0.4, 0.5) is 0 Å². The Bertz CT molecular complexity index is 405. The van der Waals surface area contributed by atoms with E-state index in [2.05, 4.69) is 18.9 Å². The van der Waals surface area contributed by atoms with Gasteiger partial charge in [0.1, 0.15) is 5.78 Å². The lowest BCUT2D eigenvalue weighted by Crippen LogP contribution is -2.14. The first-order chi connectivity index (χ1) is 9.19. The number of carbonyl (C=O) groups is 1. The van der Waals surface area contributed by atoms with Gasteiger partial charge < -0.3 is 0 Å². The molecule has 19 heavy (non-hydrogen) atoms. The van der Waals surface area contributed by atoms with Crippen LogP contribution in [0, 0.1) is 5.92 Å². The van der Waals surface area contributed by atoms with Crippen molar-refractivity contribution in [3.63, 3.8) is 0 Å². The number of aromatic nitrogens is 2. The van der Waals surface area contributed by atoms with Crippen LogP contribution < -0.4 is 0 Å². The molecule has 1 fully saturated rings. The van der Waals surface area contributed by atoms with Crippen molar-refractivity contribution in [1.82, 2.24) is 9.78 Å². The number of Topliss-reactive ketones (excluding diaryl/α,β-unsaturated/α-hetero) is 1. The van der Waals surface area contributed by atoms with Gasteiger partial charge in [-0.1, -0.05) is 39.0 Å². The monoisotopic (exact) mass is 262 g/mol. The molecule has 0 N–H and O–H groups in total. The van der Waals surface area contributed by atoms with Gasteiger partial charge in [0.25, 0.3) is 0 Å². The first kappa shape index (κ1) is 14.3. The lowest BCUT2D eigenvalue weighted by atomic mass is 9.85. The van der Waals surface area contributed by atoms with Crippen LogP contribution in [-0.2, 0) is 11.2 Å². The van der Waals surface area contributed by atoms with Crippen molar-refractivity contribution in [3.8, 4) is 0 Å². The second kappa shape index (κ2) is 6.88. The predicted molar refractivity (Wildman–Crippen MR) is 77.1 cm³/mol. The molecule has 1 saturated carbocycles. The highest BCUT2D eigenvalue weighted by Crippen LogP contribution is 2.26. The number of carbonyl (C=O) groups excluding carboxylic acids is 1. The topological polar surface area (TPSA) is 34.9 Å². The minimum absolute atomic E-state index is 0.362. The fourth-order valence-corrected chi connectivity index (χ4v) is 2.89. The Kier molecular flexibility index (Phi) is 5.17. The molecule has 1 aromatic rings. The molecule has 1 aliphatic rings. The zero-order valence-electron chi connectivity index (χ0n) is 12.3. The van der Waals surface area contributed by atoms with E-state index in [4.69, 9.17) is 0 Å². The number of ketones is 1. The van der Waals surface area contributed by atoms with Gasteiger partial charge in [0, 0.05) is 18.7 Å². The molecule has 3 nitrogen and oxygen atoms in total. The second-order valence-corrected chi connectivity index (χ2v) is 5.97. The van der Waals surface area contributed by atoms with Crippen molar-refractivity contribution in [2.45, 2.75) is 71.3 Å². The smallest absolute Gasteiger partial charge is 0.139 e. The van der Waals surface area contributed by atoms with Gasteiger partial charge in [0.15, 0.2) is 0 Å². The molecule has 0 aromatic carbocycles. The average molecular weight is 262 g/mol. The molecule has 0 saturated heterocycles. The highest BCUT2D eigenvalue weighted by atomic mass is 16.1. The molecule has 1 aromatic heterocycles. The Balaban J connectivity index is 1.82. The van der Waals surface area contributed by atoms with E-state index in [9.17, 15) is 4.79 Å². The van der Waals surface area contributed by atoms with E-state index in [-0.39, 0.29) is 0 Å². The van der Waals surface area contributed by atoms with Gasteiger partial charge in [-0.2, -0.15) is 5.10 Å². The summed E-state index contributed by atoms with van der Waals surface area (Å²) in [6.07, 6.45) is 10.8. The lowest BCUT2D eigenvalue weighted by Gasteiger charge is -2.20. The van der Waals surface area contributed by atoms with E-state index >= 15 is 0 Å². The molecule has 0 radical (unpaired) electrons. The summed E-state index contributed by atoms with van der Waals surface area (Å²) in [6, 6.07) is 2.41. The van der Waals surface area contributed by atoms with Crippen LogP contribution in [0.3, 0.4) is 0 Å². The Morgan fingerprint density at radius 2 is 2.16 bits per heavy atom. The van der Waals surface area contributed by atoms with Gasteiger partial charge >= 0.3 is 0 Å². The van der Waals surface area contributed by atoms with Crippen molar-refractivity contribution in [3.05, 3.63) is 18.0 Å². The minimum atomic E-state index is 0.362. The number of hydrogen-bond acceptors (Lipinski definition) is 2. The Hall–Kier alpha value is -1.12. The quantitative estimate of drug-likeness (QED) is 0.778. The molecule has 0 amide bonds. The van der Waals surface area contributed by atoms with E-state index in [1.807, 2.05) is 16.9 Å². The minimum Gasteiger partial charge on any atom is -0.299 e. The van der Waals surface area contributed by atoms with Gasteiger partial charge in [-0.3, -0.25) is 9.48 Å². The highest BCUT2D eigenvalue weighted by molar-refractivity contribution is 5.80. The summed E-state index contributed by atoms with van der Waals surface area (Å²) in [5.74, 6) is 0.999. The maximum atomic E-state index is 12.1. The third-order valence-electron chi connectivity index (χ3n) is 4.33. The molecule has 1 heterocycles. The van der Waals surface area contributed by atoms with E-state index < -0.39 is 0 Å². The Morgan fingerprint density at radius 3 is 2.84 bits per heavy atom. The summed E-state index contributed by atoms with van der Waals surface area (Å²) in [5, 5.41) is 4.51. The summed E-state index contributed by atoms with van der Waals surface area (Å²) < 4.78 is 1.98. The van der Waals surface area contributed by atoms with Gasteiger partial charge in [-0.15, -0.1) is 0 Å². The molecule has 0 aliphatic heterocycles.